The highest BCUT2D eigenvalue weighted by Crippen LogP contribution is 2.39. The molecular formula is C40H45N5O6S. The Morgan fingerprint density at radius 2 is 1.75 bits per heavy atom. The number of rotatable bonds is 14. The topological polar surface area (TPSA) is 143 Å². The highest BCUT2D eigenvalue weighted by Gasteiger charge is 2.27. The normalized spacial score (nSPS) is 15.5. The Hall–Kier alpha value is -4.88. The van der Waals surface area contributed by atoms with Crippen molar-refractivity contribution in [2.24, 2.45) is 0 Å². The predicted octanol–water partition coefficient (Wildman–Crippen LogP) is 5.92. The number of amides is 2. The quantitative estimate of drug-likeness (QED) is 0.0605. The van der Waals surface area contributed by atoms with Crippen molar-refractivity contribution in [2.45, 2.75) is 42.9 Å². The van der Waals surface area contributed by atoms with Gasteiger partial charge in [0.15, 0.2) is 5.62 Å². The fraction of sp³-hybridized carbons (Fsp3) is 0.325. The van der Waals surface area contributed by atoms with Gasteiger partial charge in [0.1, 0.15) is 11.9 Å². The standard InChI is InChI=1S/C40H45N5O6S/c1-41-37-35(47)14-13-33(38(37)52-26-46)36(48)25-42-24-27-11-12-32-29(23-27)15-20-45(39(32)49)22-21-44-18-16-30(17-19-44)51-40(50)43-34-10-6-5-9-31(34)28-7-3-2-4-8-28/h2-14,23,26,30,36,41-42,47-48H,15-22,24-25H2,1H3,(H,43,50). The number of ether oxygens (including phenoxy) is 1. The van der Waals surface area contributed by atoms with Crippen LogP contribution in [0.5, 0.6) is 5.75 Å². The second kappa shape index (κ2) is 17.6. The van der Waals surface area contributed by atoms with E-state index in [2.05, 4.69) is 26.9 Å². The molecule has 6 rings (SSSR count). The van der Waals surface area contributed by atoms with Crippen molar-refractivity contribution >= 4 is 40.8 Å². The summed E-state index contributed by atoms with van der Waals surface area (Å²) in [7, 11) is 1.65. The van der Waals surface area contributed by atoms with Gasteiger partial charge >= 0.3 is 6.09 Å². The first-order valence-corrected chi connectivity index (χ1v) is 18.5. The number of thioether (sulfide) groups is 1. The first-order valence-electron chi connectivity index (χ1n) is 17.6. The Bertz CT molecular complexity index is 1870. The number of aromatic hydroxyl groups is 1. The van der Waals surface area contributed by atoms with Crippen molar-refractivity contribution in [2.75, 3.05) is 56.9 Å². The maximum absolute atomic E-state index is 13.4. The number of phenols is 1. The first-order chi connectivity index (χ1) is 25.3. The molecule has 2 aliphatic rings. The molecule has 0 bridgehead atoms. The number of para-hydroxylation sites is 1. The molecule has 0 spiro atoms. The molecule has 12 heteroatoms. The zero-order chi connectivity index (χ0) is 36.5. The van der Waals surface area contributed by atoms with Crippen LogP contribution in [-0.4, -0.2) is 90.1 Å². The van der Waals surface area contributed by atoms with Crippen molar-refractivity contribution in [3.63, 3.8) is 0 Å². The van der Waals surface area contributed by atoms with Crippen molar-refractivity contribution < 1.29 is 29.3 Å². The Balaban J connectivity index is 0.934. The maximum Gasteiger partial charge on any atom is 0.411 e. The summed E-state index contributed by atoms with van der Waals surface area (Å²) in [5.74, 6) is 0.0445. The number of anilines is 2. The van der Waals surface area contributed by atoms with Gasteiger partial charge in [-0.15, -0.1) is 0 Å². The predicted molar refractivity (Wildman–Crippen MR) is 204 cm³/mol. The zero-order valence-electron chi connectivity index (χ0n) is 29.2. The Morgan fingerprint density at radius 1 is 0.981 bits per heavy atom. The van der Waals surface area contributed by atoms with Crippen molar-refractivity contribution in [1.29, 1.82) is 0 Å². The molecule has 4 aromatic rings. The minimum atomic E-state index is -0.894. The van der Waals surface area contributed by atoms with Crippen molar-refractivity contribution in [3.8, 4) is 16.9 Å². The van der Waals surface area contributed by atoms with Crippen molar-refractivity contribution in [3.05, 3.63) is 107 Å². The van der Waals surface area contributed by atoms with E-state index in [1.54, 1.807) is 13.1 Å². The number of fused-ring (bicyclic) bond motifs is 1. The molecule has 1 atom stereocenters. The Kier molecular flexibility index (Phi) is 12.5. The number of benzene rings is 4. The van der Waals surface area contributed by atoms with Crippen LogP contribution in [0, 0.1) is 0 Å². The van der Waals surface area contributed by atoms with Gasteiger partial charge in [-0.3, -0.25) is 14.9 Å². The number of hydrogen-bond donors (Lipinski definition) is 5. The van der Waals surface area contributed by atoms with Gasteiger partial charge in [0.2, 0.25) is 0 Å². The number of hydrogen-bond acceptors (Lipinski definition) is 10. The van der Waals surface area contributed by atoms with Gasteiger partial charge in [0.05, 0.1) is 17.5 Å². The lowest BCUT2D eigenvalue weighted by atomic mass is 9.96. The molecule has 0 saturated carbocycles. The molecular weight excluding hydrogens is 679 g/mol. The number of piperidine rings is 1. The molecule has 1 saturated heterocycles. The number of nitrogens with zero attached hydrogens (tertiary/aromatic N) is 2. The van der Waals surface area contributed by atoms with Gasteiger partial charge in [-0.2, -0.15) is 0 Å². The minimum absolute atomic E-state index is 0.00771. The van der Waals surface area contributed by atoms with Crippen molar-refractivity contribution in [1.82, 2.24) is 15.1 Å². The number of carbonyl (C=O) groups excluding carboxylic acids is 3. The van der Waals surface area contributed by atoms with E-state index in [1.165, 1.54) is 6.07 Å². The molecule has 0 radical (unpaired) electrons. The van der Waals surface area contributed by atoms with E-state index in [0.717, 1.165) is 78.5 Å². The van der Waals surface area contributed by atoms with Crippen LogP contribution in [-0.2, 0) is 22.5 Å². The molecule has 272 valence electrons. The van der Waals surface area contributed by atoms with E-state index in [-0.39, 0.29) is 24.3 Å². The molecule has 52 heavy (non-hydrogen) atoms. The van der Waals surface area contributed by atoms with Gasteiger partial charge in [0.25, 0.3) is 5.91 Å². The Morgan fingerprint density at radius 3 is 2.52 bits per heavy atom. The first kappa shape index (κ1) is 36.9. The van der Waals surface area contributed by atoms with E-state index < -0.39 is 12.2 Å². The van der Waals surface area contributed by atoms with Gasteiger partial charge in [-0.1, -0.05) is 78.5 Å². The van der Waals surface area contributed by atoms with E-state index in [4.69, 9.17) is 4.74 Å². The Labute approximate surface area is 308 Å². The van der Waals surface area contributed by atoms with Crippen LogP contribution in [0.1, 0.15) is 46.0 Å². The zero-order valence-corrected chi connectivity index (χ0v) is 30.0. The summed E-state index contributed by atoms with van der Waals surface area (Å²) in [6.45, 7) is 4.38. The number of likely N-dealkylation sites (tertiary alicyclic amines) is 1. The molecule has 0 aromatic heterocycles. The van der Waals surface area contributed by atoms with Crippen LogP contribution < -0.4 is 16.0 Å². The third kappa shape index (κ3) is 8.94. The summed E-state index contributed by atoms with van der Waals surface area (Å²) in [4.78, 5) is 42.2. The molecule has 2 heterocycles. The van der Waals surface area contributed by atoms with Gasteiger partial charge in [0, 0.05) is 68.9 Å². The van der Waals surface area contributed by atoms with Crippen LogP contribution in [0.4, 0.5) is 16.2 Å². The second-order valence-corrected chi connectivity index (χ2v) is 13.8. The average molecular weight is 724 g/mol. The lowest BCUT2D eigenvalue weighted by Crippen LogP contribution is -2.45. The summed E-state index contributed by atoms with van der Waals surface area (Å²) < 4.78 is 5.80. The third-order valence-corrected chi connectivity index (χ3v) is 10.5. The lowest BCUT2D eigenvalue weighted by molar-refractivity contribution is 0.0517. The second-order valence-electron chi connectivity index (χ2n) is 13.0. The van der Waals surface area contributed by atoms with Crippen LogP contribution in [0.25, 0.3) is 11.1 Å². The summed E-state index contributed by atoms with van der Waals surface area (Å²) in [6, 6.07) is 26.6. The van der Waals surface area contributed by atoms with Gasteiger partial charge < -0.3 is 35.4 Å². The fourth-order valence-electron chi connectivity index (χ4n) is 6.91. The third-order valence-electron chi connectivity index (χ3n) is 9.69. The van der Waals surface area contributed by atoms with E-state index >= 15 is 0 Å². The lowest BCUT2D eigenvalue weighted by Gasteiger charge is -2.34. The van der Waals surface area contributed by atoms with Crippen LogP contribution in [0.15, 0.2) is 89.8 Å². The SMILES string of the molecule is CNc1c(O)ccc(C(O)CNCc2ccc3c(c2)CCN(CCN2CCC(OC(=O)Nc4ccccc4-c4ccccc4)CC2)C3=O)c1SC=O. The molecule has 0 aliphatic carbocycles. The highest BCUT2D eigenvalue weighted by atomic mass is 32.2. The summed E-state index contributed by atoms with van der Waals surface area (Å²) >= 11 is 0.906. The molecule has 2 aliphatic heterocycles. The molecule has 1 fully saturated rings. The number of phenolic OH excluding ortho intramolecular Hbond substituents is 1. The number of aliphatic hydroxyl groups excluding tert-OH is 1. The van der Waals surface area contributed by atoms with Crippen LogP contribution in [0.2, 0.25) is 0 Å². The summed E-state index contributed by atoms with van der Waals surface area (Å²) in [5.41, 5.74) is 7.05. The summed E-state index contributed by atoms with van der Waals surface area (Å²) in [5, 5.41) is 30.1. The number of nitrogens with one attached hydrogen (secondary N) is 3. The van der Waals surface area contributed by atoms with Crippen LogP contribution in [0.3, 0.4) is 0 Å². The molecule has 5 N–H and O–H groups in total. The average Bonchev–Trinajstić information content (AvgIpc) is 3.16. The van der Waals surface area contributed by atoms with E-state index in [0.29, 0.717) is 47.1 Å². The van der Waals surface area contributed by atoms with Gasteiger partial charge in [-0.25, -0.2) is 4.79 Å². The van der Waals surface area contributed by atoms with E-state index in [9.17, 15) is 24.6 Å². The molecule has 2 amide bonds. The monoisotopic (exact) mass is 723 g/mol. The fourth-order valence-corrected chi connectivity index (χ4v) is 7.67. The molecule has 1 unspecified atom stereocenters. The highest BCUT2D eigenvalue weighted by molar-refractivity contribution is 8.12. The molecule has 11 nitrogen and oxygen atoms in total. The van der Waals surface area contributed by atoms with Gasteiger partial charge in [-0.05, 0) is 59.7 Å². The summed E-state index contributed by atoms with van der Waals surface area (Å²) in [6.07, 6.45) is 0.745. The minimum Gasteiger partial charge on any atom is -0.506 e. The largest absolute Gasteiger partial charge is 0.506 e. The van der Waals surface area contributed by atoms with Crippen LogP contribution >= 0.6 is 11.8 Å². The smallest absolute Gasteiger partial charge is 0.411 e. The van der Waals surface area contributed by atoms with E-state index in [1.807, 2.05) is 71.6 Å². The number of carbonyl (C=O) groups is 3. The molecule has 4 aromatic carbocycles. The maximum atomic E-state index is 13.4. The number of aliphatic hydroxyl groups is 1.